The van der Waals surface area contributed by atoms with Gasteiger partial charge in [0.15, 0.2) is 16.8 Å². The highest BCUT2D eigenvalue weighted by Crippen LogP contribution is 2.30. The Bertz CT molecular complexity index is 1170. The smallest absolute Gasteiger partial charge is 0.196 e. The van der Waals surface area contributed by atoms with Crippen LogP contribution in [0.25, 0.3) is 17.1 Å². The fourth-order valence-corrected chi connectivity index (χ4v) is 4.30. The van der Waals surface area contributed by atoms with Gasteiger partial charge in [0.1, 0.15) is 0 Å². The monoisotopic (exact) mass is 494 g/mol. The number of thioether (sulfide) groups is 1. The molecule has 7 heteroatoms. The first-order chi connectivity index (χ1) is 14.8. The molecule has 0 amide bonds. The molecule has 0 aliphatic carbocycles. The Hall–Kier alpha value is -2.64. The summed E-state index contributed by atoms with van der Waals surface area (Å²) in [7, 11) is 0. The van der Waals surface area contributed by atoms with E-state index in [1.165, 1.54) is 17.3 Å². The Kier molecular flexibility index (Phi) is 6.16. The predicted molar refractivity (Wildman–Crippen MR) is 129 cm³/mol. The second-order valence-corrected chi connectivity index (χ2v) is 10.1. The third-order valence-corrected chi connectivity index (χ3v) is 6.42. The van der Waals surface area contributed by atoms with Crippen LogP contribution in [0.5, 0.6) is 0 Å². The van der Waals surface area contributed by atoms with Crippen molar-refractivity contribution >= 4 is 33.5 Å². The fraction of sp³-hybridized carbons (Fsp3) is 0.208. The van der Waals surface area contributed by atoms with Crippen LogP contribution in [0.2, 0.25) is 0 Å². The Morgan fingerprint density at radius 3 is 2.35 bits per heavy atom. The molecule has 0 saturated carbocycles. The predicted octanol–water partition coefficient (Wildman–Crippen LogP) is 6.30. The van der Waals surface area contributed by atoms with Crippen molar-refractivity contribution in [1.82, 2.24) is 19.7 Å². The largest absolute Gasteiger partial charge is 0.359 e. The summed E-state index contributed by atoms with van der Waals surface area (Å²) < 4.78 is 3.00. The van der Waals surface area contributed by atoms with Gasteiger partial charge < -0.3 is 4.98 Å². The van der Waals surface area contributed by atoms with Crippen LogP contribution in [0.3, 0.4) is 0 Å². The molecule has 158 valence electrons. The van der Waals surface area contributed by atoms with Gasteiger partial charge in [0, 0.05) is 21.9 Å². The van der Waals surface area contributed by atoms with Crippen LogP contribution < -0.4 is 0 Å². The summed E-state index contributed by atoms with van der Waals surface area (Å²) in [4.78, 5) is 15.4. The number of benzene rings is 2. The third kappa shape index (κ3) is 4.83. The average Bonchev–Trinajstić information content (AvgIpc) is 3.42. The van der Waals surface area contributed by atoms with E-state index in [1.54, 1.807) is 12.3 Å². The van der Waals surface area contributed by atoms with Crippen molar-refractivity contribution in [2.24, 2.45) is 0 Å². The van der Waals surface area contributed by atoms with Gasteiger partial charge in [-0.2, -0.15) is 0 Å². The Morgan fingerprint density at radius 2 is 1.74 bits per heavy atom. The van der Waals surface area contributed by atoms with Crippen molar-refractivity contribution in [2.45, 2.75) is 31.3 Å². The molecule has 0 atom stereocenters. The normalized spacial score (nSPS) is 11.6. The van der Waals surface area contributed by atoms with Gasteiger partial charge in [-0.1, -0.05) is 72.7 Å². The van der Waals surface area contributed by atoms with E-state index in [1.807, 2.05) is 34.9 Å². The first kappa shape index (κ1) is 21.6. The molecule has 4 aromatic rings. The van der Waals surface area contributed by atoms with Gasteiger partial charge in [-0.3, -0.25) is 9.36 Å². The summed E-state index contributed by atoms with van der Waals surface area (Å²) in [6, 6.07) is 20.0. The van der Waals surface area contributed by atoms with Crippen LogP contribution in [0, 0.1) is 0 Å². The Balaban J connectivity index is 1.70. The van der Waals surface area contributed by atoms with Gasteiger partial charge >= 0.3 is 0 Å². The molecule has 2 heterocycles. The lowest BCUT2D eigenvalue weighted by molar-refractivity contribution is 0.101. The number of hydrogen-bond acceptors (Lipinski definition) is 4. The van der Waals surface area contributed by atoms with Crippen LogP contribution in [0.4, 0.5) is 0 Å². The van der Waals surface area contributed by atoms with E-state index in [0.717, 1.165) is 21.5 Å². The zero-order chi connectivity index (χ0) is 22.0. The van der Waals surface area contributed by atoms with E-state index in [9.17, 15) is 4.79 Å². The molecule has 0 bridgehead atoms. The minimum absolute atomic E-state index is 0.0245. The van der Waals surface area contributed by atoms with E-state index >= 15 is 0 Å². The molecule has 2 aromatic carbocycles. The quantitative estimate of drug-likeness (QED) is 0.252. The number of rotatable bonds is 6. The lowest BCUT2D eigenvalue weighted by Gasteiger charge is -2.19. The van der Waals surface area contributed by atoms with Crippen molar-refractivity contribution in [3.05, 3.63) is 82.6 Å². The molecule has 4 rings (SSSR count). The maximum absolute atomic E-state index is 12.5. The van der Waals surface area contributed by atoms with E-state index < -0.39 is 0 Å². The maximum Gasteiger partial charge on any atom is 0.196 e. The van der Waals surface area contributed by atoms with Crippen molar-refractivity contribution in [3.63, 3.8) is 0 Å². The van der Waals surface area contributed by atoms with Crippen LogP contribution in [-0.4, -0.2) is 31.3 Å². The SMILES string of the molecule is CC(C)(C)c1ccc(-c2nnc(SCC(=O)c3ccc[nH]3)n2-c2ccc(Br)cc2)cc1. The second-order valence-electron chi connectivity index (χ2n) is 8.24. The highest BCUT2D eigenvalue weighted by molar-refractivity contribution is 9.10. The van der Waals surface area contributed by atoms with Gasteiger partial charge in [-0.25, -0.2) is 0 Å². The molecular formula is C24H23BrN4OS. The third-order valence-electron chi connectivity index (χ3n) is 4.96. The number of hydrogen-bond donors (Lipinski definition) is 1. The number of H-pyrrole nitrogens is 1. The number of Topliss-reactive ketones (excluding diaryl/α,β-unsaturated/α-hetero) is 1. The molecule has 0 fully saturated rings. The molecule has 0 spiro atoms. The number of aromatic amines is 1. The minimum atomic E-state index is 0.0245. The maximum atomic E-state index is 12.5. The molecular weight excluding hydrogens is 472 g/mol. The second kappa shape index (κ2) is 8.85. The van der Waals surface area contributed by atoms with Crippen LogP contribution in [-0.2, 0) is 5.41 Å². The lowest BCUT2D eigenvalue weighted by atomic mass is 9.87. The van der Waals surface area contributed by atoms with Crippen LogP contribution in [0.1, 0.15) is 36.8 Å². The number of nitrogens with one attached hydrogen (secondary N) is 1. The molecule has 0 saturated heterocycles. The fourth-order valence-electron chi connectivity index (χ4n) is 3.20. The molecule has 0 radical (unpaired) electrons. The van der Waals surface area contributed by atoms with Crippen LogP contribution >= 0.6 is 27.7 Å². The van der Waals surface area contributed by atoms with Gasteiger partial charge in [-0.05, 0) is 47.4 Å². The topological polar surface area (TPSA) is 63.6 Å². The molecule has 5 nitrogen and oxygen atoms in total. The number of carbonyl (C=O) groups is 1. The number of halogens is 1. The number of ketones is 1. The van der Waals surface area contributed by atoms with E-state index in [4.69, 9.17) is 0 Å². The van der Waals surface area contributed by atoms with E-state index in [2.05, 4.69) is 76.1 Å². The highest BCUT2D eigenvalue weighted by Gasteiger charge is 2.19. The van der Waals surface area contributed by atoms with E-state index in [-0.39, 0.29) is 17.0 Å². The summed E-state index contributed by atoms with van der Waals surface area (Å²) in [5.41, 5.74) is 3.86. The zero-order valence-electron chi connectivity index (χ0n) is 17.6. The molecule has 0 unspecified atom stereocenters. The highest BCUT2D eigenvalue weighted by atomic mass is 79.9. The molecule has 2 aromatic heterocycles. The number of nitrogens with zero attached hydrogens (tertiary/aromatic N) is 3. The standard InChI is InChI=1S/C24H23BrN4OS/c1-24(2,3)17-8-6-16(7-9-17)22-27-28-23(29(22)19-12-10-18(25)11-13-19)31-15-21(30)20-5-4-14-26-20/h4-14,26H,15H2,1-3H3. The molecule has 1 N–H and O–H groups in total. The summed E-state index contributed by atoms with van der Waals surface area (Å²) in [5.74, 6) is 1.05. The zero-order valence-corrected chi connectivity index (χ0v) is 20.0. The van der Waals surface area contributed by atoms with Gasteiger partial charge in [-0.15, -0.1) is 10.2 Å². The lowest BCUT2D eigenvalue weighted by Crippen LogP contribution is -2.10. The van der Waals surface area contributed by atoms with Crippen molar-refractivity contribution < 1.29 is 4.79 Å². The molecule has 0 aliphatic rings. The minimum Gasteiger partial charge on any atom is -0.359 e. The summed E-state index contributed by atoms with van der Waals surface area (Å²) >= 11 is 4.88. The van der Waals surface area contributed by atoms with Crippen molar-refractivity contribution in [1.29, 1.82) is 0 Å². The Labute approximate surface area is 194 Å². The summed E-state index contributed by atoms with van der Waals surface area (Å²) in [6.45, 7) is 6.59. The van der Waals surface area contributed by atoms with Gasteiger partial charge in [0.05, 0.1) is 11.4 Å². The number of carbonyl (C=O) groups excluding carboxylic acids is 1. The first-order valence-corrected chi connectivity index (χ1v) is 11.7. The molecule has 31 heavy (non-hydrogen) atoms. The van der Waals surface area contributed by atoms with Gasteiger partial charge in [0.2, 0.25) is 0 Å². The number of aromatic nitrogens is 4. The molecule has 0 aliphatic heterocycles. The Morgan fingerprint density at radius 1 is 1.03 bits per heavy atom. The summed E-state index contributed by atoms with van der Waals surface area (Å²) in [6.07, 6.45) is 1.75. The van der Waals surface area contributed by atoms with Crippen molar-refractivity contribution in [2.75, 3.05) is 5.75 Å². The van der Waals surface area contributed by atoms with Crippen LogP contribution in [0.15, 0.2) is 76.5 Å². The first-order valence-electron chi connectivity index (χ1n) is 9.94. The van der Waals surface area contributed by atoms with Crippen molar-refractivity contribution in [3.8, 4) is 17.1 Å². The summed E-state index contributed by atoms with van der Waals surface area (Å²) in [5, 5.41) is 9.57. The van der Waals surface area contributed by atoms with E-state index in [0.29, 0.717) is 10.9 Å². The van der Waals surface area contributed by atoms with Gasteiger partial charge in [0.25, 0.3) is 0 Å². The average molecular weight is 495 g/mol.